The van der Waals surface area contributed by atoms with Crippen molar-refractivity contribution < 1.29 is 14.3 Å². The van der Waals surface area contributed by atoms with E-state index < -0.39 is 11.3 Å². The second-order valence-electron chi connectivity index (χ2n) is 5.13. The summed E-state index contributed by atoms with van der Waals surface area (Å²) in [6.07, 6.45) is 0. The van der Waals surface area contributed by atoms with Crippen molar-refractivity contribution in [2.45, 2.75) is 13.8 Å². The van der Waals surface area contributed by atoms with Crippen LogP contribution in [0.2, 0.25) is 0 Å². The lowest BCUT2D eigenvalue weighted by atomic mass is 9.93. The number of rotatable bonds is 7. The van der Waals surface area contributed by atoms with Crippen molar-refractivity contribution in [2.75, 3.05) is 25.5 Å². The van der Waals surface area contributed by atoms with Gasteiger partial charge in [-0.2, -0.15) is 0 Å². The van der Waals surface area contributed by atoms with Crippen LogP contribution in [0.3, 0.4) is 0 Å². The molecule has 0 saturated heterocycles. The third-order valence-corrected chi connectivity index (χ3v) is 2.89. The highest BCUT2D eigenvalue weighted by molar-refractivity contribution is 5.92. The highest BCUT2D eigenvalue weighted by Gasteiger charge is 2.24. The predicted octanol–water partition coefficient (Wildman–Crippen LogP) is 0.735. The van der Waals surface area contributed by atoms with Gasteiger partial charge in [-0.05, 0) is 38.1 Å². The molecule has 6 heteroatoms. The SMILES string of the molecule is COc1ccc(NC(=O)CNCC(C)(C)C(N)=O)cc1. The molecule has 0 bridgehead atoms. The molecule has 6 nitrogen and oxygen atoms in total. The third-order valence-electron chi connectivity index (χ3n) is 2.89. The van der Waals surface area contributed by atoms with Crippen LogP contribution in [-0.2, 0) is 9.59 Å². The van der Waals surface area contributed by atoms with E-state index in [2.05, 4.69) is 10.6 Å². The highest BCUT2D eigenvalue weighted by atomic mass is 16.5. The smallest absolute Gasteiger partial charge is 0.238 e. The van der Waals surface area contributed by atoms with Gasteiger partial charge in [0.15, 0.2) is 0 Å². The summed E-state index contributed by atoms with van der Waals surface area (Å²) in [6, 6.07) is 7.03. The molecular formula is C14H21N3O3. The van der Waals surface area contributed by atoms with Crippen LogP contribution in [0, 0.1) is 5.41 Å². The van der Waals surface area contributed by atoms with Gasteiger partial charge >= 0.3 is 0 Å². The highest BCUT2D eigenvalue weighted by Crippen LogP contribution is 2.15. The number of methoxy groups -OCH3 is 1. The van der Waals surface area contributed by atoms with Crippen molar-refractivity contribution in [1.82, 2.24) is 5.32 Å². The molecule has 1 aromatic carbocycles. The topological polar surface area (TPSA) is 93.4 Å². The van der Waals surface area contributed by atoms with Crippen LogP contribution in [0.25, 0.3) is 0 Å². The van der Waals surface area contributed by atoms with Crippen LogP contribution < -0.4 is 21.1 Å². The fraction of sp³-hybridized carbons (Fsp3) is 0.429. The van der Waals surface area contributed by atoms with Gasteiger partial charge in [-0.1, -0.05) is 0 Å². The quantitative estimate of drug-likeness (QED) is 0.686. The van der Waals surface area contributed by atoms with Crippen LogP contribution in [0.4, 0.5) is 5.69 Å². The number of carbonyl (C=O) groups excluding carboxylic acids is 2. The summed E-state index contributed by atoms with van der Waals surface area (Å²) < 4.78 is 5.03. The average Bonchev–Trinajstić information content (AvgIpc) is 2.39. The molecule has 0 aliphatic rings. The van der Waals surface area contributed by atoms with E-state index in [-0.39, 0.29) is 12.5 Å². The summed E-state index contributed by atoms with van der Waals surface area (Å²) in [7, 11) is 1.58. The maximum atomic E-state index is 11.7. The van der Waals surface area contributed by atoms with Crippen LogP contribution in [0.15, 0.2) is 24.3 Å². The van der Waals surface area contributed by atoms with Gasteiger partial charge in [0, 0.05) is 12.2 Å². The van der Waals surface area contributed by atoms with Gasteiger partial charge in [0.25, 0.3) is 0 Å². The number of ether oxygens (including phenoxy) is 1. The van der Waals surface area contributed by atoms with E-state index in [1.165, 1.54) is 0 Å². The summed E-state index contributed by atoms with van der Waals surface area (Å²) in [6.45, 7) is 3.91. The maximum Gasteiger partial charge on any atom is 0.238 e. The first kappa shape index (κ1) is 16.0. The van der Waals surface area contributed by atoms with Gasteiger partial charge < -0.3 is 21.1 Å². The lowest BCUT2D eigenvalue weighted by Gasteiger charge is -2.20. The molecular weight excluding hydrogens is 258 g/mol. The lowest BCUT2D eigenvalue weighted by molar-refractivity contribution is -0.126. The number of benzene rings is 1. The van der Waals surface area contributed by atoms with Gasteiger partial charge in [-0.15, -0.1) is 0 Å². The number of amides is 2. The molecule has 4 N–H and O–H groups in total. The van der Waals surface area contributed by atoms with E-state index in [1.54, 1.807) is 45.2 Å². The Morgan fingerprint density at radius 3 is 2.35 bits per heavy atom. The zero-order valence-electron chi connectivity index (χ0n) is 12.0. The minimum absolute atomic E-state index is 0.114. The van der Waals surface area contributed by atoms with E-state index in [1.807, 2.05) is 0 Å². The Balaban J connectivity index is 2.38. The molecule has 0 aliphatic heterocycles. The fourth-order valence-corrected chi connectivity index (χ4v) is 1.46. The molecule has 2 amide bonds. The minimum atomic E-state index is -0.680. The van der Waals surface area contributed by atoms with Crippen LogP contribution in [-0.4, -0.2) is 32.0 Å². The monoisotopic (exact) mass is 279 g/mol. The van der Waals surface area contributed by atoms with Crippen molar-refractivity contribution in [3.8, 4) is 5.75 Å². The van der Waals surface area contributed by atoms with Gasteiger partial charge in [0.2, 0.25) is 11.8 Å². The lowest BCUT2D eigenvalue weighted by Crippen LogP contribution is -2.42. The molecule has 1 aromatic rings. The zero-order valence-corrected chi connectivity index (χ0v) is 12.0. The minimum Gasteiger partial charge on any atom is -0.497 e. The molecule has 0 spiro atoms. The zero-order chi connectivity index (χ0) is 15.2. The Morgan fingerprint density at radius 2 is 1.85 bits per heavy atom. The molecule has 0 aromatic heterocycles. The number of primary amides is 1. The summed E-state index contributed by atoms with van der Waals surface area (Å²) >= 11 is 0. The van der Waals surface area contributed by atoms with Crippen molar-refractivity contribution in [1.29, 1.82) is 0 Å². The second-order valence-corrected chi connectivity index (χ2v) is 5.13. The number of carbonyl (C=O) groups is 2. The van der Waals surface area contributed by atoms with E-state index in [9.17, 15) is 9.59 Å². The standard InChI is InChI=1S/C14H21N3O3/c1-14(2,13(15)19)9-16-8-12(18)17-10-4-6-11(20-3)7-5-10/h4-7,16H,8-9H2,1-3H3,(H2,15,19)(H,17,18). The molecule has 0 heterocycles. The Bertz CT molecular complexity index is 469. The number of nitrogens with one attached hydrogen (secondary N) is 2. The van der Waals surface area contributed by atoms with Gasteiger partial charge in [-0.3, -0.25) is 9.59 Å². The Kier molecular flexibility index (Phi) is 5.52. The van der Waals surface area contributed by atoms with Gasteiger partial charge in [0.05, 0.1) is 19.1 Å². The average molecular weight is 279 g/mol. The molecule has 110 valence electrons. The van der Waals surface area contributed by atoms with E-state index in [0.717, 1.165) is 5.75 Å². The molecule has 0 aliphatic carbocycles. The first-order valence-corrected chi connectivity index (χ1v) is 6.29. The largest absolute Gasteiger partial charge is 0.497 e. The molecule has 0 saturated carbocycles. The Labute approximate surface area is 118 Å². The number of anilines is 1. The van der Waals surface area contributed by atoms with Crippen molar-refractivity contribution in [2.24, 2.45) is 11.1 Å². The normalized spacial score (nSPS) is 10.9. The van der Waals surface area contributed by atoms with E-state index in [0.29, 0.717) is 12.2 Å². The van der Waals surface area contributed by atoms with Crippen LogP contribution >= 0.6 is 0 Å². The van der Waals surface area contributed by atoms with Crippen molar-refractivity contribution >= 4 is 17.5 Å². The predicted molar refractivity (Wildman–Crippen MR) is 77.5 cm³/mol. The molecule has 0 atom stereocenters. The summed E-state index contributed by atoms with van der Waals surface area (Å²) in [5.41, 5.74) is 5.25. The maximum absolute atomic E-state index is 11.7. The number of hydrogen-bond acceptors (Lipinski definition) is 4. The molecule has 1 rings (SSSR count). The second kappa shape index (κ2) is 6.91. The molecule has 0 fully saturated rings. The Hall–Kier alpha value is -2.08. The first-order chi connectivity index (χ1) is 9.35. The fourth-order valence-electron chi connectivity index (χ4n) is 1.46. The van der Waals surface area contributed by atoms with Crippen LogP contribution in [0.1, 0.15) is 13.8 Å². The third kappa shape index (κ3) is 4.89. The molecule has 0 unspecified atom stereocenters. The Morgan fingerprint density at radius 1 is 1.25 bits per heavy atom. The van der Waals surface area contributed by atoms with E-state index in [4.69, 9.17) is 10.5 Å². The summed E-state index contributed by atoms with van der Waals surface area (Å²) in [4.78, 5) is 22.8. The first-order valence-electron chi connectivity index (χ1n) is 6.29. The molecule has 0 radical (unpaired) electrons. The van der Waals surface area contributed by atoms with Crippen molar-refractivity contribution in [3.63, 3.8) is 0 Å². The van der Waals surface area contributed by atoms with Crippen molar-refractivity contribution in [3.05, 3.63) is 24.3 Å². The summed E-state index contributed by atoms with van der Waals surface area (Å²) in [5.74, 6) is 0.139. The van der Waals surface area contributed by atoms with Gasteiger partial charge in [0.1, 0.15) is 5.75 Å². The van der Waals surface area contributed by atoms with Gasteiger partial charge in [-0.25, -0.2) is 0 Å². The number of hydrogen-bond donors (Lipinski definition) is 3. The number of nitrogens with two attached hydrogens (primary N) is 1. The summed E-state index contributed by atoms with van der Waals surface area (Å²) in [5, 5.41) is 5.65. The van der Waals surface area contributed by atoms with Crippen LogP contribution in [0.5, 0.6) is 5.75 Å². The van der Waals surface area contributed by atoms with E-state index >= 15 is 0 Å². The molecule has 20 heavy (non-hydrogen) atoms.